The van der Waals surface area contributed by atoms with Gasteiger partial charge in [-0.25, -0.2) is 8.42 Å². The van der Waals surface area contributed by atoms with Gasteiger partial charge in [-0.15, -0.1) is 0 Å². The van der Waals surface area contributed by atoms with Gasteiger partial charge in [0.25, 0.3) is 0 Å². The highest BCUT2D eigenvalue weighted by Gasteiger charge is 2.37. The third-order valence-corrected chi connectivity index (χ3v) is 5.65. The van der Waals surface area contributed by atoms with Gasteiger partial charge in [0.1, 0.15) is 0 Å². The summed E-state index contributed by atoms with van der Waals surface area (Å²) in [7, 11) is -3.72. The lowest BCUT2D eigenvalue weighted by Gasteiger charge is -2.22. The van der Waals surface area contributed by atoms with Gasteiger partial charge in [0.05, 0.1) is 4.90 Å². The lowest BCUT2D eigenvalue weighted by Crippen LogP contribution is -2.34. The maximum Gasteiger partial charge on any atom is 0.303 e. The number of rotatable bonds is 9. The van der Waals surface area contributed by atoms with E-state index in [-0.39, 0.29) is 29.5 Å². The number of carboxylic acids is 1. The SMILES string of the molecule is NC(=O)c1cccc(S(=O)(=O)N(CCCCC(=O)O)C2CC2)c1. The number of amides is 1. The zero-order valence-corrected chi connectivity index (χ0v) is 13.5. The minimum atomic E-state index is -3.72. The van der Waals surface area contributed by atoms with E-state index in [0.29, 0.717) is 12.8 Å². The van der Waals surface area contributed by atoms with E-state index in [1.54, 1.807) is 0 Å². The minimum Gasteiger partial charge on any atom is -0.481 e. The Morgan fingerprint density at radius 1 is 1.26 bits per heavy atom. The van der Waals surface area contributed by atoms with E-state index >= 15 is 0 Å². The molecule has 1 aliphatic carbocycles. The summed E-state index contributed by atoms with van der Waals surface area (Å²) in [6.07, 6.45) is 2.53. The van der Waals surface area contributed by atoms with Crippen LogP contribution in [0.4, 0.5) is 0 Å². The van der Waals surface area contributed by atoms with Crippen molar-refractivity contribution >= 4 is 21.9 Å². The Morgan fingerprint density at radius 2 is 1.96 bits per heavy atom. The molecule has 7 nitrogen and oxygen atoms in total. The van der Waals surface area contributed by atoms with Crippen LogP contribution >= 0.6 is 0 Å². The number of carbonyl (C=O) groups is 2. The summed E-state index contributed by atoms with van der Waals surface area (Å²) in [6, 6.07) is 5.64. The molecule has 1 aliphatic rings. The second-order valence-electron chi connectivity index (χ2n) is 5.59. The van der Waals surface area contributed by atoms with Crippen molar-refractivity contribution in [1.82, 2.24) is 4.31 Å². The Kier molecular flexibility index (Phi) is 5.38. The van der Waals surface area contributed by atoms with E-state index in [0.717, 1.165) is 12.8 Å². The van der Waals surface area contributed by atoms with Gasteiger partial charge < -0.3 is 10.8 Å². The summed E-state index contributed by atoms with van der Waals surface area (Å²) in [4.78, 5) is 21.8. The topological polar surface area (TPSA) is 118 Å². The van der Waals surface area contributed by atoms with Crippen molar-refractivity contribution in [1.29, 1.82) is 0 Å². The number of sulfonamides is 1. The minimum absolute atomic E-state index is 0.0235. The van der Waals surface area contributed by atoms with Crippen molar-refractivity contribution in [2.75, 3.05) is 6.54 Å². The zero-order chi connectivity index (χ0) is 17.0. The van der Waals surface area contributed by atoms with Crippen LogP contribution < -0.4 is 5.73 Å². The average Bonchev–Trinajstić information content (AvgIpc) is 3.31. The van der Waals surface area contributed by atoms with E-state index in [4.69, 9.17) is 10.8 Å². The number of hydrogen-bond acceptors (Lipinski definition) is 4. The predicted molar refractivity (Wildman–Crippen MR) is 83.4 cm³/mol. The number of aliphatic carboxylic acids is 1. The van der Waals surface area contributed by atoms with Gasteiger partial charge in [0.15, 0.2) is 0 Å². The molecule has 0 aromatic heterocycles. The van der Waals surface area contributed by atoms with Crippen molar-refractivity contribution in [3.63, 3.8) is 0 Å². The molecule has 0 aliphatic heterocycles. The molecular weight excluding hydrogens is 320 g/mol. The molecule has 0 heterocycles. The number of nitrogens with zero attached hydrogens (tertiary/aromatic N) is 1. The summed E-state index contributed by atoms with van der Waals surface area (Å²) in [5, 5.41) is 8.65. The first-order valence-corrected chi connectivity index (χ1v) is 8.90. The molecular formula is C15H20N2O5S. The fraction of sp³-hybridized carbons (Fsp3) is 0.467. The smallest absolute Gasteiger partial charge is 0.303 e. The first kappa shape index (κ1) is 17.4. The Balaban J connectivity index is 2.15. The summed E-state index contributed by atoms with van der Waals surface area (Å²) in [5.41, 5.74) is 5.34. The lowest BCUT2D eigenvalue weighted by atomic mass is 10.2. The van der Waals surface area contributed by atoms with Gasteiger partial charge in [-0.05, 0) is 43.9 Å². The van der Waals surface area contributed by atoms with E-state index in [1.807, 2.05) is 0 Å². The Morgan fingerprint density at radius 3 is 2.52 bits per heavy atom. The molecule has 8 heteroatoms. The van der Waals surface area contributed by atoms with Crippen LogP contribution in [0, 0.1) is 0 Å². The fourth-order valence-electron chi connectivity index (χ4n) is 2.35. The van der Waals surface area contributed by atoms with Crippen LogP contribution in [0.2, 0.25) is 0 Å². The van der Waals surface area contributed by atoms with E-state index in [9.17, 15) is 18.0 Å². The Hall–Kier alpha value is -1.93. The highest BCUT2D eigenvalue weighted by molar-refractivity contribution is 7.89. The van der Waals surface area contributed by atoms with Crippen LogP contribution in [0.1, 0.15) is 42.5 Å². The molecule has 0 spiro atoms. The standard InChI is InChI=1S/C15H20N2O5S/c16-15(20)11-4-3-5-13(10-11)23(21,22)17(12-7-8-12)9-2-1-6-14(18)19/h3-5,10,12H,1-2,6-9H2,(H2,16,20)(H,18,19). The van der Waals surface area contributed by atoms with Crippen LogP contribution in [0.3, 0.4) is 0 Å². The second-order valence-corrected chi connectivity index (χ2v) is 7.48. The van der Waals surface area contributed by atoms with Gasteiger partial charge in [0.2, 0.25) is 15.9 Å². The highest BCUT2D eigenvalue weighted by atomic mass is 32.2. The van der Waals surface area contributed by atoms with Crippen molar-refractivity contribution in [2.45, 2.75) is 43.0 Å². The van der Waals surface area contributed by atoms with Crippen LogP contribution in [-0.4, -0.2) is 42.3 Å². The Labute approximate surface area is 135 Å². The number of nitrogens with two attached hydrogens (primary N) is 1. The molecule has 23 heavy (non-hydrogen) atoms. The average molecular weight is 340 g/mol. The molecule has 0 bridgehead atoms. The van der Waals surface area contributed by atoms with Gasteiger partial charge >= 0.3 is 5.97 Å². The lowest BCUT2D eigenvalue weighted by molar-refractivity contribution is -0.137. The van der Waals surface area contributed by atoms with Crippen molar-refractivity contribution in [3.8, 4) is 0 Å². The van der Waals surface area contributed by atoms with Crippen LogP contribution in [0.5, 0.6) is 0 Å². The van der Waals surface area contributed by atoms with E-state index in [2.05, 4.69) is 0 Å². The zero-order valence-electron chi connectivity index (χ0n) is 12.6. The first-order valence-electron chi connectivity index (χ1n) is 7.46. The molecule has 0 saturated heterocycles. The summed E-state index contributed by atoms with van der Waals surface area (Å²) >= 11 is 0. The van der Waals surface area contributed by atoms with Crippen LogP contribution in [0.25, 0.3) is 0 Å². The van der Waals surface area contributed by atoms with E-state index < -0.39 is 21.9 Å². The number of benzene rings is 1. The van der Waals surface area contributed by atoms with Gasteiger partial charge in [-0.3, -0.25) is 9.59 Å². The quantitative estimate of drug-likeness (QED) is 0.655. The van der Waals surface area contributed by atoms with Crippen molar-refractivity contribution in [2.24, 2.45) is 5.73 Å². The number of unbranched alkanes of at least 4 members (excludes halogenated alkanes) is 1. The van der Waals surface area contributed by atoms with Gasteiger partial charge in [-0.1, -0.05) is 6.07 Å². The molecule has 1 fully saturated rings. The maximum atomic E-state index is 12.8. The molecule has 1 amide bonds. The highest BCUT2D eigenvalue weighted by Crippen LogP contribution is 2.32. The van der Waals surface area contributed by atoms with Crippen molar-refractivity contribution < 1.29 is 23.1 Å². The number of hydrogen-bond donors (Lipinski definition) is 2. The third kappa shape index (κ3) is 4.52. The first-order chi connectivity index (χ1) is 10.8. The van der Waals surface area contributed by atoms with Gasteiger partial charge in [-0.2, -0.15) is 4.31 Å². The third-order valence-electron chi connectivity index (χ3n) is 3.70. The number of primary amides is 1. The summed E-state index contributed by atoms with van der Waals surface area (Å²) < 4.78 is 27.0. The molecule has 1 aromatic rings. The van der Waals surface area contributed by atoms with Crippen LogP contribution in [0.15, 0.2) is 29.2 Å². The molecule has 2 rings (SSSR count). The molecule has 0 atom stereocenters. The molecule has 3 N–H and O–H groups in total. The monoisotopic (exact) mass is 340 g/mol. The molecule has 1 saturated carbocycles. The molecule has 0 unspecified atom stereocenters. The van der Waals surface area contributed by atoms with Crippen LogP contribution in [-0.2, 0) is 14.8 Å². The largest absolute Gasteiger partial charge is 0.481 e. The van der Waals surface area contributed by atoms with Gasteiger partial charge in [0, 0.05) is 24.6 Å². The number of carbonyl (C=O) groups excluding carboxylic acids is 1. The predicted octanol–water partition coefficient (Wildman–Crippen LogP) is 1.19. The molecule has 1 aromatic carbocycles. The normalized spacial score (nSPS) is 14.8. The summed E-state index contributed by atoms with van der Waals surface area (Å²) in [6.45, 7) is 0.279. The molecule has 0 radical (unpaired) electrons. The summed E-state index contributed by atoms with van der Waals surface area (Å²) in [5.74, 6) is -1.57. The fourth-order valence-corrected chi connectivity index (χ4v) is 4.12. The van der Waals surface area contributed by atoms with Crippen molar-refractivity contribution in [3.05, 3.63) is 29.8 Å². The second kappa shape index (κ2) is 7.10. The van der Waals surface area contributed by atoms with E-state index in [1.165, 1.54) is 28.6 Å². The maximum absolute atomic E-state index is 12.8. The molecule has 126 valence electrons. The number of carboxylic acid groups (broad SMARTS) is 1. The Bertz CT molecular complexity index is 698.